The molecule has 1 aliphatic heterocycles. The van der Waals surface area contributed by atoms with Crippen molar-refractivity contribution < 1.29 is 9.90 Å². The number of aryl methyl sites for hydroxylation is 1. The Bertz CT molecular complexity index is 510. The Balaban J connectivity index is 2.08. The standard InChI is InChI=1S/C13H20ClN3O2/c1-8-5-16(7-13(8,4)19)11(18)6-17-10(3)12(14)9(2)15-17/h8,19H,5-7H2,1-4H3/t8-,13+/m1/s1. The highest BCUT2D eigenvalue weighted by molar-refractivity contribution is 6.31. The van der Waals surface area contributed by atoms with E-state index in [1.807, 2.05) is 20.8 Å². The number of β-amino-alcohol motifs (C(OH)–C–C–N with tert-alkyl or cyclic N) is 1. The molecule has 2 atom stereocenters. The van der Waals surface area contributed by atoms with Gasteiger partial charge in [-0.05, 0) is 20.8 Å². The second kappa shape index (κ2) is 4.80. The minimum atomic E-state index is -0.803. The molecule has 5 nitrogen and oxygen atoms in total. The lowest BCUT2D eigenvalue weighted by Crippen LogP contribution is -2.36. The van der Waals surface area contributed by atoms with Crippen LogP contribution in [0.15, 0.2) is 0 Å². The molecule has 6 heteroatoms. The number of likely N-dealkylation sites (tertiary alicyclic amines) is 1. The molecule has 0 aromatic carbocycles. The van der Waals surface area contributed by atoms with Crippen LogP contribution in [-0.4, -0.2) is 44.4 Å². The molecule has 2 rings (SSSR count). The summed E-state index contributed by atoms with van der Waals surface area (Å²) in [5.41, 5.74) is 0.725. The molecule has 0 bridgehead atoms. The first kappa shape index (κ1) is 14.3. The van der Waals surface area contributed by atoms with Crippen molar-refractivity contribution in [2.24, 2.45) is 5.92 Å². The Kier molecular flexibility index (Phi) is 3.62. The first-order valence-electron chi connectivity index (χ1n) is 6.42. The smallest absolute Gasteiger partial charge is 0.244 e. The third-order valence-electron chi connectivity index (χ3n) is 4.00. The molecule has 1 amide bonds. The van der Waals surface area contributed by atoms with Crippen LogP contribution in [-0.2, 0) is 11.3 Å². The van der Waals surface area contributed by atoms with Gasteiger partial charge in [-0.15, -0.1) is 0 Å². The van der Waals surface area contributed by atoms with Crippen LogP contribution in [0.3, 0.4) is 0 Å². The summed E-state index contributed by atoms with van der Waals surface area (Å²) in [7, 11) is 0. The summed E-state index contributed by atoms with van der Waals surface area (Å²) in [6.45, 7) is 8.51. The Morgan fingerprint density at radius 3 is 2.63 bits per heavy atom. The van der Waals surface area contributed by atoms with Gasteiger partial charge in [-0.1, -0.05) is 18.5 Å². The summed E-state index contributed by atoms with van der Waals surface area (Å²) in [6, 6.07) is 0. The number of halogens is 1. The zero-order valence-electron chi connectivity index (χ0n) is 11.8. The maximum atomic E-state index is 12.2. The van der Waals surface area contributed by atoms with Crippen molar-refractivity contribution in [1.29, 1.82) is 0 Å². The molecule has 0 spiro atoms. The number of rotatable bonds is 2. The van der Waals surface area contributed by atoms with Crippen LogP contribution in [0.1, 0.15) is 25.2 Å². The molecule has 1 aromatic heterocycles. The van der Waals surface area contributed by atoms with Gasteiger partial charge in [-0.25, -0.2) is 0 Å². The maximum Gasteiger partial charge on any atom is 0.244 e. The molecular weight excluding hydrogens is 266 g/mol. The Labute approximate surface area is 118 Å². The van der Waals surface area contributed by atoms with Gasteiger partial charge in [0.15, 0.2) is 0 Å². The lowest BCUT2D eigenvalue weighted by Gasteiger charge is -2.20. The van der Waals surface area contributed by atoms with Gasteiger partial charge < -0.3 is 10.0 Å². The van der Waals surface area contributed by atoms with Crippen molar-refractivity contribution in [1.82, 2.24) is 14.7 Å². The summed E-state index contributed by atoms with van der Waals surface area (Å²) in [5.74, 6) is 0.0485. The molecule has 0 saturated carbocycles. The number of aliphatic hydroxyl groups is 1. The van der Waals surface area contributed by atoms with Crippen LogP contribution in [0, 0.1) is 19.8 Å². The van der Waals surface area contributed by atoms with Crippen LogP contribution in [0.2, 0.25) is 5.02 Å². The summed E-state index contributed by atoms with van der Waals surface area (Å²) < 4.78 is 1.62. The highest BCUT2D eigenvalue weighted by Gasteiger charge is 2.40. The highest BCUT2D eigenvalue weighted by Crippen LogP contribution is 2.27. The number of nitrogens with zero attached hydrogens (tertiary/aromatic N) is 3. The third kappa shape index (κ3) is 2.62. The molecule has 2 heterocycles. The predicted molar refractivity (Wildman–Crippen MR) is 73.1 cm³/mol. The first-order chi connectivity index (χ1) is 8.72. The van der Waals surface area contributed by atoms with E-state index in [1.165, 1.54) is 0 Å². The zero-order valence-corrected chi connectivity index (χ0v) is 12.5. The van der Waals surface area contributed by atoms with Gasteiger partial charge in [0.1, 0.15) is 6.54 Å². The van der Waals surface area contributed by atoms with E-state index < -0.39 is 5.60 Å². The summed E-state index contributed by atoms with van der Waals surface area (Å²) in [4.78, 5) is 13.9. The van der Waals surface area contributed by atoms with Crippen LogP contribution in [0.4, 0.5) is 0 Å². The Morgan fingerprint density at radius 2 is 2.21 bits per heavy atom. The molecule has 1 aliphatic rings. The Hall–Kier alpha value is -1.07. The average Bonchev–Trinajstić information content (AvgIpc) is 2.72. The summed E-state index contributed by atoms with van der Waals surface area (Å²) in [5, 5.41) is 15.0. The molecule has 1 aromatic rings. The van der Waals surface area contributed by atoms with E-state index in [-0.39, 0.29) is 18.4 Å². The topological polar surface area (TPSA) is 58.4 Å². The minimum Gasteiger partial charge on any atom is -0.388 e. The quantitative estimate of drug-likeness (QED) is 0.893. The molecule has 1 fully saturated rings. The van der Waals surface area contributed by atoms with E-state index in [1.54, 1.807) is 16.5 Å². The van der Waals surface area contributed by atoms with Crippen molar-refractivity contribution in [3.63, 3.8) is 0 Å². The molecule has 106 valence electrons. The average molecular weight is 286 g/mol. The van der Waals surface area contributed by atoms with E-state index in [0.717, 1.165) is 11.4 Å². The van der Waals surface area contributed by atoms with Gasteiger partial charge in [0, 0.05) is 19.0 Å². The molecule has 0 unspecified atom stereocenters. The van der Waals surface area contributed by atoms with Gasteiger partial charge in [-0.3, -0.25) is 9.48 Å². The first-order valence-corrected chi connectivity index (χ1v) is 6.80. The lowest BCUT2D eigenvalue weighted by atomic mass is 9.95. The van der Waals surface area contributed by atoms with Crippen LogP contribution >= 0.6 is 11.6 Å². The van der Waals surface area contributed by atoms with Gasteiger partial charge in [0.25, 0.3) is 0 Å². The summed E-state index contributed by atoms with van der Waals surface area (Å²) in [6.07, 6.45) is 0. The van der Waals surface area contributed by atoms with Crippen molar-refractivity contribution in [3.8, 4) is 0 Å². The summed E-state index contributed by atoms with van der Waals surface area (Å²) >= 11 is 6.06. The van der Waals surface area contributed by atoms with Crippen molar-refractivity contribution in [2.45, 2.75) is 39.8 Å². The molecule has 1 N–H and O–H groups in total. The van der Waals surface area contributed by atoms with Crippen molar-refractivity contribution in [2.75, 3.05) is 13.1 Å². The second-order valence-corrected chi connectivity index (χ2v) is 6.05. The third-order valence-corrected chi connectivity index (χ3v) is 4.54. The van der Waals surface area contributed by atoms with Crippen LogP contribution in [0.25, 0.3) is 0 Å². The second-order valence-electron chi connectivity index (χ2n) is 5.67. The van der Waals surface area contributed by atoms with E-state index >= 15 is 0 Å². The molecule has 0 aliphatic carbocycles. The molecule has 1 saturated heterocycles. The number of hydrogen-bond donors (Lipinski definition) is 1. The lowest BCUT2D eigenvalue weighted by molar-refractivity contribution is -0.131. The van der Waals surface area contributed by atoms with Gasteiger partial charge >= 0.3 is 0 Å². The number of aromatic nitrogens is 2. The number of carbonyl (C=O) groups is 1. The monoisotopic (exact) mass is 285 g/mol. The number of hydrogen-bond acceptors (Lipinski definition) is 3. The fourth-order valence-corrected chi connectivity index (χ4v) is 2.52. The zero-order chi connectivity index (χ0) is 14.4. The fourth-order valence-electron chi connectivity index (χ4n) is 2.38. The van der Waals surface area contributed by atoms with Crippen LogP contribution in [0.5, 0.6) is 0 Å². The van der Waals surface area contributed by atoms with Gasteiger partial charge in [0.05, 0.1) is 22.0 Å². The molecule has 19 heavy (non-hydrogen) atoms. The minimum absolute atomic E-state index is 0.0353. The number of carbonyl (C=O) groups excluding carboxylic acids is 1. The molecular formula is C13H20ClN3O2. The van der Waals surface area contributed by atoms with Crippen molar-refractivity contribution >= 4 is 17.5 Å². The van der Waals surface area contributed by atoms with Gasteiger partial charge in [0.2, 0.25) is 5.91 Å². The SMILES string of the molecule is Cc1nn(CC(=O)N2C[C@@H](C)[C@@](C)(O)C2)c(C)c1Cl. The largest absolute Gasteiger partial charge is 0.388 e. The van der Waals surface area contributed by atoms with Crippen molar-refractivity contribution in [3.05, 3.63) is 16.4 Å². The predicted octanol–water partition coefficient (Wildman–Crippen LogP) is 1.38. The maximum absolute atomic E-state index is 12.2. The van der Waals surface area contributed by atoms with E-state index in [4.69, 9.17) is 11.6 Å². The Morgan fingerprint density at radius 1 is 1.58 bits per heavy atom. The van der Waals surface area contributed by atoms with E-state index in [2.05, 4.69) is 5.10 Å². The normalized spacial score (nSPS) is 27.1. The van der Waals surface area contributed by atoms with Gasteiger partial charge in [-0.2, -0.15) is 5.10 Å². The molecule has 0 radical (unpaired) electrons. The van der Waals surface area contributed by atoms with E-state index in [0.29, 0.717) is 18.1 Å². The number of amides is 1. The fraction of sp³-hybridized carbons (Fsp3) is 0.692. The van der Waals surface area contributed by atoms with E-state index in [9.17, 15) is 9.90 Å². The van der Waals surface area contributed by atoms with Crippen LogP contribution < -0.4 is 0 Å². The highest BCUT2D eigenvalue weighted by atomic mass is 35.5.